The van der Waals surface area contributed by atoms with Crippen LogP contribution in [0.3, 0.4) is 0 Å². The van der Waals surface area contributed by atoms with Gasteiger partial charge in [0, 0.05) is 37.1 Å². The summed E-state index contributed by atoms with van der Waals surface area (Å²) >= 11 is 5.72. The Bertz CT molecular complexity index is 1170. The van der Waals surface area contributed by atoms with E-state index >= 15 is 0 Å². The summed E-state index contributed by atoms with van der Waals surface area (Å²) in [5.74, 6) is -1.06. The number of nitrogens with one attached hydrogen (secondary N) is 1. The van der Waals surface area contributed by atoms with Crippen molar-refractivity contribution in [2.75, 3.05) is 25.1 Å². The number of aliphatic hydroxyl groups excluding tert-OH is 1. The predicted octanol–water partition coefficient (Wildman–Crippen LogP) is 3.41. The summed E-state index contributed by atoms with van der Waals surface area (Å²) in [6, 6.07) is 6.09. The molecular weight excluding hydrogens is 442 g/mol. The second-order valence-electron chi connectivity index (χ2n) is 7.45. The summed E-state index contributed by atoms with van der Waals surface area (Å²) in [5.41, 5.74) is 0.117. The highest BCUT2D eigenvalue weighted by Crippen LogP contribution is 2.24. The van der Waals surface area contributed by atoms with Crippen LogP contribution in [0.1, 0.15) is 24.4 Å². The number of ether oxygens (including phenoxy) is 1. The van der Waals surface area contributed by atoms with Crippen molar-refractivity contribution in [1.29, 1.82) is 0 Å². The van der Waals surface area contributed by atoms with Gasteiger partial charge in [0.15, 0.2) is 5.82 Å². The number of aromatic nitrogens is 3. The van der Waals surface area contributed by atoms with E-state index < -0.39 is 29.8 Å². The highest BCUT2D eigenvalue weighted by Gasteiger charge is 2.19. The third-order valence-electron chi connectivity index (χ3n) is 5.36. The van der Waals surface area contributed by atoms with Gasteiger partial charge in [-0.15, -0.1) is 0 Å². The number of nitrogens with zero attached hydrogens (tertiary/aromatic N) is 3. The minimum absolute atomic E-state index is 0.0168. The Morgan fingerprint density at radius 1 is 1.22 bits per heavy atom. The maximum Gasteiger partial charge on any atom is 0.251 e. The lowest BCUT2D eigenvalue weighted by molar-refractivity contribution is 0.0903. The van der Waals surface area contributed by atoms with Gasteiger partial charge in [0.05, 0.1) is 23.9 Å². The maximum absolute atomic E-state index is 14.5. The molecule has 1 aliphatic heterocycles. The minimum atomic E-state index is -0.829. The fourth-order valence-corrected chi connectivity index (χ4v) is 3.75. The van der Waals surface area contributed by atoms with Crippen molar-refractivity contribution < 1.29 is 18.6 Å². The molecule has 2 N–H and O–H groups in total. The summed E-state index contributed by atoms with van der Waals surface area (Å²) in [4.78, 5) is 21.0. The lowest BCUT2D eigenvalue weighted by Crippen LogP contribution is -2.29. The molecule has 0 spiro atoms. The van der Waals surface area contributed by atoms with Crippen LogP contribution in [0.25, 0.3) is 11.3 Å². The van der Waals surface area contributed by atoms with Gasteiger partial charge in [0.1, 0.15) is 11.5 Å². The molecule has 1 saturated heterocycles. The van der Waals surface area contributed by atoms with Crippen molar-refractivity contribution in [2.45, 2.75) is 24.9 Å². The molecule has 0 amide bonds. The summed E-state index contributed by atoms with van der Waals surface area (Å²) in [6.45, 7) is 0.822. The van der Waals surface area contributed by atoms with E-state index in [0.29, 0.717) is 18.8 Å². The molecule has 1 aliphatic rings. The van der Waals surface area contributed by atoms with E-state index in [1.165, 1.54) is 41.1 Å². The van der Waals surface area contributed by atoms with Crippen LogP contribution in [0.2, 0.25) is 5.02 Å². The van der Waals surface area contributed by atoms with E-state index in [0.717, 1.165) is 19.0 Å². The standard InChI is InChI=1S/C22H21ClF2N4O3/c23-16-2-1-13(9-17(16)24)19(12-30)29-6-3-14(10-20(29)31)21-18(25)11-26-22(28-21)27-15-4-7-32-8-5-15/h1-3,6,9-11,15,19,30H,4-5,7-8,12H2,(H,26,27,28)/t19-/m1/s1. The first-order valence-electron chi connectivity index (χ1n) is 10.1. The summed E-state index contributed by atoms with van der Waals surface area (Å²) in [5, 5.41) is 12.9. The molecule has 0 unspecified atom stereocenters. The van der Waals surface area contributed by atoms with E-state index in [2.05, 4.69) is 15.3 Å². The van der Waals surface area contributed by atoms with Crippen molar-refractivity contribution in [1.82, 2.24) is 14.5 Å². The molecule has 1 atom stereocenters. The maximum atomic E-state index is 14.5. The Morgan fingerprint density at radius 3 is 2.69 bits per heavy atom. The molecule has 32 heavy (non-hydrogen) atoms. The number of aliphatic hydroxyl groups is 1. The van der Waals surface area contributed by atoms with Crippen LogP contribution in [-0.2, 0) is 4.74 Å². The van der Waals surface area contributed by atoms with Crippen molar-refractivity contribution in [3.8, 4) is 11.3 Å². The minimum Gasteiger partial charge on any atom is -0.394 e. The predicted molar refractivity (Wildman–Crippen MR) is 116 cm³/mol. The van der Waals surface area contributed by atoms with Crippen LogP contribution in [-0.4, -0.2) is 45.5 Å². The molecule has 0 radical (unpaired) electrons. The van der Waals surface area contributed by atoms with E-state index in [4.69, 9.17) is 16.3 Å². The number of benzene rings is 1. The largest absolute Gasteiger partial charge is 0.394 e. The molecule has 10 heteroatoms. The molecule has 4 rings (SSSR count). The summed E-state index contributed by atoms with van der Waals surface area (Å²) in [7, 11) is 0. The van der Waals surface area contributed by atoms with Crippen LogP contribution in [0.15, 0.2) is 47.5 Å². The van der Waals surface area contributed by atoms with Crippen LogP contribution >= 0.6 is 11.6 Å². The molecule has 1 fully saturated rings. The lowest BCUT2D eigenvalue weighted by Gasteiger charge is -2.23. The molecule has 2 aromatic heterocycles. The molecule has 3 aromatic rings. The smallest absolute Gasteiger partial charge is 0.251 e. The van der Waals surface area contributed by atoms with Gasteiger partial charge in [-0.25, -0.2) is 18.7 Å². The van der Waals surface area contributed by atoms with Gasteiger partial charge in [-0.3, -0.25) is 4.79 Å². The first-order valence-corrected chi connectivity index (χ1v) is 10.5. The molecule has 7 nitrogen and oxygen atoms in total. The number of rotatable bonds is 6. The number of anilines is 1. The lowest BCUT2D eigenvalue weighted by atomic mass is 10.1. The third-order valence-corrected chi connectivity index (χ3v) is 5.66. The average Bonchev–Trinajstić information content (AvgIpc) is 2.79. The molecule has 168 valence electrons. The highest BCUT2D eigenvalue weighted by atomic mass is 35.5. The quantitative estimate of drug-likeness (QED) is 0.583. The fourth-order valence-electron chi connectivity index (χ4n) is 3.63. The first kappa shape index (κ1) is 22.3. The molecule has 1 aromatic carbocycles. The van der Waals surface area contributed by atoms with Crippen LogP contribution < -0.4 is 10.9 Å². The van der Waals surface area contributed by atoms with Crippen molar-refractivity contribution in [3.05, 3.63) is 75.3 Å². The van der Waals surface area contributed by atoms with Crippen molar-refractivity contribution in [3.63, 3.8) is 0 Å². The number of hydrogen-bond donors (Lipinski definition) is 2. The normalized spacial score (nSPS) is 15.5. The monoisotopic (exact) mass is 462 g/mol. The summed E-state index contributed by atoms with van der Waals surface area (Å²) in [6.07, 6.45) is 4.06. The topological polar surface area (TPSA) is 89.3 Å². The SMILES string of the molecule is O=c1cc(-c2nc(NC3CCOCC3)ncc2F)ccn1[C@H](CO)c1ccc(Cl)c(F)c1. The molecule has 0 aliphatic carbocycles. The van der Waals surface area contributed by atoms with Gasteiger partial charge >= 0.3 is 0 Å². The van der Waals surface area contributed by atoms with Gasteiger partial charge in [0.25, 0.3) is 5.56 Å². The van der Waals surface area contributed by atoms with E-state index in [9.17, 15) is 18.7 Å². The van der Waals surface area contributed by atoms with Gasteiger partial charge in [0.2, 0.25) is 5.95 Å². The van der Waals surface area contributed by atoms with Gasteiger partial charge in [-0.1, -0.05) is 17.7 Å². The Morgan fingerprint density at radius 2 is 2.00 bits per heavy atom. The van der Waals surface area contributed by atoms with Gasteiger partial charge < -0.3 is 19.7 Å². The second kappa shape index (κ2) is 9.72. The Balaban J connectivity index is 1.63. The number of hydrogen-bond acceptors (Lipinski definition) is 6. The van der Waals surface area contributed by atoms with Gasteiger partial charge in [-0.2, -0.15) is 0 Å². The second-order valence-corrected chi connectivity index (χ2v) is 7.86. The zero-order valence-corrected chi connectivity index (χ0v) is 17.7. The molecule has 3 heterocycles. The average molecular weight is 463 g/mol. The van der Waals surface area contributed by atoms with E-state index in [1.54, 1.807) is 0 Å². The fraction of sp³-hybridized carbons (Fsp3) is 0.318. The molecule has 0 saturated carbocycles. The summed E-state index contributed by atoms with van der Waals surface area (Å²) < 4.78 is 34.9. The molecular formula is C22H21ClF2N4O3. The first-order chi connectivity index (χ1) is 15.5. The van der Waals surface area contributed by atoms with E-state index in [-0.39, 0.29) is 28.3 Å². The Labute approximate surface area is 187 Å². The van der Waals surface area contributed by atoms with Crippen molar-refractivity contribution in [2.24, 2.45) is 0 Å². The van der Waals surface area contributed by atoms with Crippen LogP contribution in [0.5, 0.6) is 0 Å². The van der Waals surface area contributed by atoms with Crippen LogP contribution in [0.4, 0.5) is 14.7 Å². The zero-order chi connectivity index (χ0) is 22.7. The number of pyridine rings is 1. The Hall–Kier alpha value is -2.88. The van der Waals surface area contributed by atoms with Crippen molar-refractivity contribution >= 4 is 17.5 Å². The zero-order valence-electron chi connectivity index (χ0n) is 17.0. The van der Waals surface area contributed by atoms with Crippen LogP contribution in [0, 0.1) is 11.6 Å². The number of halogens is 3. The van der Waals surface area contributed by atoms with Gasteiger partial charge in [-0.05, 0) is 36.6 Å². The highest BCUT2D eigenvalue weighted by molar-refractivity contribution is 6.30. The Kier molecular flexibility index (Phi) is 6.78. The third kappa shape index (κ3) is 4.79. The molecule has 0 bridgehead atoms. The van der Waals surface area contributed by atoms with E-state index in [1.807, 2.05) is 0 Å².